The summed E-state index contributed by atoms with van der Waals surface area (Å²) in [7, 11) is 4.04. The first-order valence-corrected chi connectivity index (χ1v) is 9.53. The van der Waals surface area contributed by atoms with Gasteiger partial charge in [0.2, 0.25) is 6.54 Å². The largest absolute Gasteiger partial charge is 0.377 e. The molecule has 6 heteroatoms. The second-order valence-corrected chi connectivity index (χ2v) is 8.25. The zero-order valence-corrected chi connectivity index (χ0v) is 15.7. The molecule has 0 saturated carbocycles. The summed E-state index contributed by atoms with van der Waals surface area (Å²) in [4.78, 5) is 24.7. The maximum atomic E-state index is 12.6. The van der Waals surface area contributed by atoms with Gasteiger partial charge in [-0.25, -0.2) is 4.98 Å². The number of nitrogens with zero attached hydrogens (tertiary/aromatic N) is 3. The Hall–Kier alpha value is -2.21. The minimum atomic E-state index is 0.0116. The third-order valence-corrected chi connectivity index (χ3v) is 6.08. The number of aromatic nitrogens is 3. The molecule has 0 amide bonds. The molecule has 3 aromatic rings. The van der Waals surface area contributed by atoms with E-state index in [1.54, 1.807) is 11.3 Å². The van der Waals surface area contributed by atoms with Crippen molar-refractivity contribution in [2.75, 3.05) is 19.0 Å². The summed E-state index contributed by atoms with van der Waals surface area (Å²) in [6.07, 6.45) is 7.27. The summed E-state index contributed by atoms with van der Waals surface area (Å²) in [6, 6.07) is 4.11. The van der Waals surface area contributed by atoms with Crippen LogP contribution in [0.5, 0.6) is 0 Å². The van der Waals surface area contributed by atoms with E-state index in [1.807, 2.05) is 31.1 Å². The molecule has 1 aliphatic rings. The van der Waals surface area contributed by atoms with Crippen LogP contribution in [-0.2, 0) is 19.4 Å². The smallest absolute Gasteiger partial charge is 0.260 e. The van der Waals surface area contributed by atoms with Gasteiger partial charge in [-0.2, -0.15) is 4.57 Å². The van der Waals surface area contributed by atoms with E-state index in [0.29, 0.717) is 18.3 Å². The summed E-state index contributed by atoms with van der Waals surface area (Å²) < 4.78 is 2.03. The van der Waals surface area contributed by atoms with Crippen LogP contribution in [0.4, 0.5) is 5.69 Å². The highest BCUT2D eigenvalue weighted by Crippen LogP contribution is 2.35. The molecule has 0 aromatic carbocycles. The molecular formula is C19H23N4OS+. The van der Waals surface area contributed by atoms with Gasteiger partial charge < -0.3 is 9.88 Å². The highest BCUT2D eigenvalue weighted by atomic mass is 32.1. The van der Waals surface area contributed by atoms with Gasteiger partial charge in [0.05, 0.1) is 5.39 Å². The second-order valence-electron chi connectivity index (χ2n) is 7.17. The molecular weight excluding hydrogens is 332 g/mol. The molecule has 0 radical (unpaired) electrons. The Morgan fingerprint density at radius 3 is 2.84 bits per heavy atom. The number of thiophene rings is 1. The van der Waals surface area contributed by atoms with Crippen molar-refractivity contribution >= 4 is 27.2 Å². The highest BCUT2D eigenvalue weighted by Gasteiger charge is 2.23. The monoisotopic (exact) mass is 355 g/mol. The molecule has 0 bridgehead atoms. The van der Waals surface area contributed by atoms with Gasteiger partial charge in [0.1, 0.15) is 4.83 Å². The second kappa shape index (κ2) is 6.26. The van der Waals surface area contributed by atoms with Crippen molar-refractivity contribution < 1.29 is 4.57 Å². The number of fused-ring (bicyclic) bond motifs is 3. The summed E-state index contributed by atoms with van der Waals surface area (Å²) in [5.74, 6) is 1.41. The zero-order chi connectivity index (χ0) is 17.6. The summed E-state index contributed by atoms with van der Waals surface area (Å²) >= 11 is 1.70. The molecule has 1 aliphatic carbocycles. The van der Waals surface area contributed by atoms with Crippen LogP contribution in [0.2, 0.25) is 0 Å². The van der Waals surface area contributed by atoms with Gasteiger partial charge in [0, 0.05) is 36.8 Å². The van der Waals surface area contributed by atoms with E-state index in [-0.39, 0.29) is 5.56 Å². The fraction of sp³-hybridized carbons (Fsp3) is 0.421. The molecule has 5 nitrogen and oxygen atoms in total. The van der Waals surface area contributed by atoms with Gasteiger partial charge >= 0.3 is 0 Å². The standard InChI is InChI=1S/C19H22N4OS/c1-12-4-5-14-15(10-12)25-19-17(14)18(24)20-16(21-19)11-23-8-6-13(7-9-23)22(2)3/h6-9,12H,4-5,10-11H2,1-3H3/p+1/t12-/m1/s1. The number of H-pyrrole nitrogens is 1. The van der Waals surface area contributed by atoms with Gasteiger partial charge in [0.25, 0.3) is 5.56 Å². The Morgan fingerprint density at radius 1 is 1.36 bits per heavy atom. The van der Waals surface area contributed by atoms with Crippen LogP contribution >= 0.6 is 11.3 Å². The van der Waals surface area contributed by atoms with Crippen LogP contribution in [-0.4, -0.2) is 24.1 Å². The Kier molecular flexibility index (Phi) is 4.07. The third kappa shape index (κ3) is 3.06. The van der Waals surface area contributed by atoms with Crippen LogP contribution < -0.4 is 15.0 Å². The Balaban J connectivity index is 1.68. The van der Waals surface area contributed by atoms with Crippen LogP contribution in [0.25, 0.3) is 10.2 Å². The molecule has 130 valence electrons. The molecule has 1 atom stereocenters. The number of rotatable bonds is 3. The lowest BCUT2D eigenvalue weighted by Gasteiger charge is -2.17. The average molecular weight is 355 g/mol. The average Bonchev–Trinajstić information content (AvgIpc) is 2.92. The van der Waals surface area contributed by atoms with Crippen LogP contribution in [0.3, 0.4) is 0 Å². The van der Waals surface area contributed by atoms with E-state index in [0.717, 1.165) is 35.2 Å². The first-order chi connectivity index (χ1) is 12.0. The Morgan fingerprint density at radius 2 is 2.12 bits per heavy atom. The van der Waals surface area contributed by atoms with Gasteiger partial charge in [0.15, 0.2) is 18.2 Å². The zero-order valence-electron chi connectivity index (χ0n) is 14.9. The minimum absolute atomic E-state index is 0.0116. The number of hydrogen-bond donors (Lipinski definition) is 1. The van der Waals surface area contributed by atoms with Crippen LogP contribution in [0.1, 0.15) is 29.6 Å². The lowest BCUT2D eigenvalue weighted by molar-refractivity contribution is -0.689. The van der Waals surface area contributed by atoms with Crippen molar-refractivity contribution in [2.24, 2.45) is 5.92 Å². The molecule has 0 saturated heterocycles. The quantitative estimate of drug-likeness (QED) is 0.735. The summed E-state index contributed by atoms with van der Waals surface area (Å²) in [5, 5.41) is 0.823. The molecule has 0 unspecified atom stereocenters. The van der Waals surface area contributed by atoms with Gasteiger partial charge in [-0.3, -0.25) is 4.79 Å². The van der Waals surface area contributed by atoms with Crippen LogP contribution in [0.15, 0.2) is 29.3 Å². The fourth-order valence-electron chi connectivity index (χ4n) is 3.49. The van der Waals surface area contributed by atoms with Crippen molar-refractivity contribution in [3.63, 3.8) is 0 Å². The molecule has 3 aromatic heterocycles. The summed E-state index contributed by atoms with van der Waals surface area (Å²) in [6.45, 7) is 2.85. The molecule has 1 N–H and O–H groups in total. The molecule has 4 rings (SSSR count). The first-order valence-electron chi connectivity index (χ1n) is 8.71. The Labute approximate surface area is 151 Å². The van der Waals surface area contributed by atoms with E-state index in [9.17, 15) is 4.79 Å². The maximum Gasteiger partial charge on any atom is 0.260 e. The van der Waals surface area contributed by atoms with Crippen molar-refractivity contribution in [1.82, 2.24) is 9.97 Å². The lowest BCUT2D eigenvalue weighted by Crippen LogP contribution is -2.35. The van der Waals surface area contributed by atoms with Crippen LogP contribution in [0, 0.1) is 5.92 Å². The van der Waals surface area contributed by atoms with Gasteiger partial charge in [-0.05, 0) is 30.7 Å². The predicted molar refractivity (Wildman–Crippen MR) is 101 cm³/mol. The van der Waals surface area contributed by atoms with E-state index in [2.05, 4.69) is 28.9 Å². The molecule has 0 spiro atoms. The van der Waals surface area contributed by atoms with E-state index < -0.39 is 0 Å². The minimum Gasteiger partial charge on any atom is -0.377 e. The van der Waals surface area contributed by atoms with E-state index in [4.69, 9.17) is 4.98 Å². The van der Waals surface area contributed by atoms with Crippen molar-refractivity contribution in [1.29, 1.82) is 0 Å². The Bertz CT molecular complexity index is 971. The number of nitrogens with one attached hydrogen (secondary N) is 1. The number of aryl methyl sites for hydroxylation is 1. The molecule has 0 fully saturated rings. The number of aromatic amines is 1. The number of anilines is 1. The molecule has 0 aliphatic heterocycles. The number of hydrogen-bond acceptors (Lipinski definition) is 4. The third-order valence-electron chi connectivity index (χ3n) is 4.94. The summed E-state index contributed by atoms with van der Waals surface area (Å²) in [5.41, 5.74) is 2.40. The number of pyridine rings is 1. The topological polar surface area (TPSA) is 52.9 Å². The van der Waals surface area contributed by atoms with Crippen molar-refractivity contribution in [2.45, 2.75) is 32.7 Å². The van der Waals surface area contributed by atoms with Crippen molar-refractivity contribution in [3.05, 3.63) is 51.1 Å². The molecule has 25 heavy (non-hydrogen) atoms. The van der Waals surface area contributed by atoms with Crippen molar-refractivity contribution in [3.8, 4) is 0 Å². The van der Waals surface area contributed by atoms with E-state index in [1.165, 1.54) is 10.4 Å². The van der Waals surface area contributed by atoms with Gasteiger partial charge in [-0.15, -0.1) is 11.3 Å². The SMILES string of the molecule is C[C@@H]1CCc2c(sc3nc(C[n+]4ccc(N(C)C)cc4)[nH]c(=O)c23)C1. The lowest BCUT2D eigenvalue weighted by atomic mass is 9.89. The first kappa shape index (κ1) is 16.3. The maximum absolute atomic E-state index is 12.6. The predicted octanol–water partition coefficient (Wildman–Crippen LogP) is 2.51. The van der Waals surface area contributed by atoms with E-state index >= 15 is 0 Å². The normalized spacial score (nSPS) is 16.8. The highest BCUT2D eigenvalue weighted by molar-refractivity contribution is 7.18. The fourth-order valence-corrected chi connectivity index (χ4v) is 4.90. The van der Waals surface area contributed by atoms with Gasteiger partial charge in [-0.1, -0.05) is 6.92 Å². The molecule has 3 heterocycles.